The van der Waals surface area contributed by atoms with E-state index in [1.165, 1.54) is 0 Å². The van der Waals surface area contributed by atoms with Gasteiger partial charge in [0.2, 0.25) is 0 Å². The van der Waals surface area contributed by atoms with Gasteiger partial charge in [0.15, 0.2) is 0 Å². The van der Waals surface area contributed by atoms with Crippen molar-refractivity contribution in [2.45, 2.75) is 44.8 Å². The van der Waals surface area contributed by atoms with E-state index < -0.39 is 5.60 Å². The number of nitrogens with one attached hydrogen (secondary N) is 1. The number of carbonyl (C=O) groups excluding carboxylic acids is 1. The molecule has 0 aromatic carbocycles. The number of halogens is 1. The van der Waals surface area contributed by atoms with E-state index in [0.717, 1.165) is 29.7 Å². The van der Waals surface area contributed by atoms with Gasteiger partial charge in [0, 0.05) is 31.5 Å². The van der Waals surface area contributed by atoms with Crippen LogP contribution in [0.3, 0.4) is 0 Å². The van der Waals surface area contributed by atoms with E-state index in [1.807, 2.05) is 39.0 Å². The fourth-order valence-electron chi connectivity index (χ4n) is 2.84. The van der Waals surface area contributed by atoms with E-state index in [9.17, 15) is 4.79 Å². The molecule has 1 aliphatic carbocycles. The molecular weight excluding hydrogens is 364 g/mol. The molecule has 1 saturated carbocycles. The second-order valence-corrected chi connectivity index (χ2v) is 8.27. The van der Waals surface area contributed by atoms with Crippen molar-refractivity contribution < 1.29 is 9.53 Å². The third kappa shape index (κ3) is 4.69. The summed E-state index contributed by atoms with van der Waals surface area (Å²) < 4.78 is 5.49. The van der Waals surface area contributed by atoms with Crippen molar-refractivity contribution in [3.05, 3.63) is 41.9 Å². The van der Waals surface area contributed by atoms with Gasteiger partial charge in [0.05, 0.1) is 17.4 Å². The van der Waals surface area contributed by atoms with E-state index in [-0.39, 0.29) is 11.6 Å². The van der Waals surface area contributed by atoms with Crippen LogP contribution in [0.2, 0.25) is 5.15 Å². The first-order valence-electron chi connectivity index (χ1n) is 8.97. The van der Waals surface area contributed by atoms with Crippen LogP contribution in [-0.2, 0) is 4.74 Å². The maximum absolute atomic E-state index is 12.4. The van der Waals surface area contributed by atoms with E-state index in [4.69, 9.17) is 16.3 Å². The second kappa shape index (κ2) is 7.35. The Morgan fingerprint density at radius 1 is 1.33 bits per heavy atom. The predicted molar refractivity (Wildman–Crippen MR) is 107 cm³/mol. The Kier molecular flexibility index (Phi) is 5.29. The largest absolute Gasteiger partial charge is 0.444 e. The van der Waals surface area contributed by atoms with Gasteiger partial charge in [0.25, 0.3) is 0 Å². The number of hydrogen-bond donors (Lipinski definition) is 1. The number of carbonyl (C=O) groups is 1. The number of aromatic nitrogens is 2. The van der Waals surface area contributed by atoms with Gasteiger partial charge in [0.1, 0.15) is 10.8 Å². The molecule has 1 aliphatic rings. The molecule has 0 unspecified atom stereocenters. The molecule has 2 aromatic heterocycles. The summed E-state index contributed by atoms with van der Waals surface area (Å²) in [6, 6.07) is 5.75. The summed E-state index contributed by atoms with van der Waals surface area (Å²) in [5, 5.41) is 3.84. The highest BCUT2D eigenvalue weighted by atomic mass is 35.5. The van der Waals surface area contributed by atoms with Gasteiger partial charge < -0.3 is 15.0 Å². The SMILES string of the molecule is CN(C(=O)OC(C)(C)C)C1(CNc2cnc(Cl)c(-c3ccncc3)c2)CC1. The summed E-state index contributed by atoms with van der Waals surface area (Å²) in [6.07, 6.45) is 6.73. The zero-order valence-corrected chi connectivity index (χ0v) is 16.9. The van der Waals surface area contributed by atoms with Gasteiger partial charge in [-0.3, -0.25) is 4.98 Å². The number of nitrogens with zero attached hydrogens (tertiary/aromatic N) is 3. The summed E-state index contributed by atoms with van der Waals surface area (Å²) in [6.45, 7) is 6.24. The number of anilines is 1. The first kappa shape index (κ1) is 19.4. The standard InChI is InChI=1S/C20H25ClN4O2/c1-19(2,3)27-18(26)25(4)20(7-8-20)13-24-15-11-16(17(21)23-12-15)14-5-9-22-10-6-14/h5-6,9-12,24H,7-8,13H2,1-4H3. The Morgan fingerprint density at radius 2 is 2.00 bits per heavy atom. The molecule has 7 heteroatoms. The minimum absolute atomic E-state index is 0.223. The quantitative estimate of drug-likeness (QED) is 0.757. The van der Waals surface area contributed by atoms with Gasteiger partial charge in [-0.1, -0.05) is 11.6 Å². The number of likely N-dealkylation sites (N-methyl/N-ethyl adjacent to an activating group) is 1. The summed E-state index contributed by atoms with van der Waals surface area (Å²) in [7, 11) is 1.80. The van der Waals surface area contributed by atoms with E-state index in [1.54, 1.807) is 30.5 Å². The Balaban J connectivity index is 1.69. The molecule has 1 N–H and O–H groups in total. The minimum Gasteiger partial charge on any atom is -0.444 e. The monoisotopic (exact) mass is 388 g/mol. The number of ether oxygens (including phenoxy) is 1. The van der Waals surface area contributed by atoms with E-state index >= 15 is 0 Å². The van der Waals surface area contributed by atoms with Crippen molar-refractivity contribution in [1.29, 1.82) is 0 Å². The van der Waals surface area contributed by atoms with Gasteiger partial charge >= 0.3 is 6.09 Å². The highest BCUT2D eigenvalue weighted by molar-refractivity contribution is 6.32. The Bertz CT molecular complexity index is 816. The number of amides is 1. The number of rotatable bonds is 5. The lowest BCUT2D eigenvalue weighted by Gasteiger charge is -2.31. The molecule has 2 heterocycles. The van der Waals surface area contributed by atoms with Gasteiger partial charge in [-0.25, -0.2) is 9.78 Å². The van der Waals surface area contributed by atoms with Crippen molar-refractivity contribution in [1.82, 2.24) is 14.9 Å². The molecule has 1 amide bonds. The second-order valence-electron chi connectivity index (χ2n) is 7.92. The summed E-state index contributed by atoms with van der Waals surface area (Å²) in [4.78, 5) is 22.4. The number of hydrogen-bond acceptors (Lipinski definition) is 5. The molecule has 0 bridgehead atoms. The first-order valence-corrected chi connectivity index (χ1v) is 9.35. The third-order valence-electron chi connectivity index (χ3n) is 4.66. The fourth-order valence-corrected chi connectivity index (χ4v) is 3.06. The molecule has 144 valence electrons. The van der Waals surface area contributed by atoms with Crippen LogP contribution in [0.5, 0.6) is 0 Å². The van der Waals surface area contributed by atoms with Crippen LogP contribution in [0.25, 0.3) is 11.1 Å². The van der Waals surface area contributed by atoms with Crippen molar-refractivity contribution in [2.24, 2.45) is 0 Å². The Hall–Kier alpha value is -2.34. The van der Waals surface area contributed by atoms with Crippen molar-refractivity contribution in [3.63, 3.8) is 0 Å². The molecule has 0 atom stereocenters. The van der Waals surface area contributed by atoms with Crippen LogP contribution in [0, 0.1) is 0 Å². The van der Waals surface area contributed by atoms with Crippen molar-refractivity contribution in [2.75, 3.05) is 18.9 Å². The van der Waals surface area contributed by atoms with Crippen LogP contribution in [0.1, 0.15) is 33.6 Å². The Morgan fingerprint density at radius 3 is 2.59 bits per heavy atom. The normalized spacial score (nSPS) is 15.1. The lowest BCUT2D eigenvalue weighted by atomic mass is 10.1. The van der Waals surface area contributed by atoms with Gasteiger partial charge in [-0.05, 0) is 57.4 Å². The maximum Gasteiger partial charge on any atom is 0.410 e. The molecule has 1 fully saturated rings. The minimum atomic E-state index is -0.506. The molecule has 6 nitrogen and oxygen atoms in total. The lowest BCUT2D eigenvalue weighted by Crippen LogP contribution is -2.45. The zero-order chi connectivity index (χ0) is 19.7. The van der Waals surface area contributed by atoms with Crippen LogP contribution >= 0.6 is 11.6 Å². The molecule has 0 spiro atoms. The maximum atomic E-state index is 12.4. The van der Waals surface area contributed by atoms with Crippen LogP contribution < -0.4 is 5.32 Å². The van der Waals surface area contributed by atoms with E-state index in [2.05, 4.69) is 15.3 Å². The van der Waals surface area contributed by atoms with Crippen LogP contribution in [0.4, 0.5) is 10.5 Å². The molecule has 0 saturated heterocycles. The summed E-state index contributed by atoms with van der Waals surface area (Å²) >= 11 is 6.26. The van der Waals surface area contributed by atoms with Crippen molar-refractivity contribution >= 4 is 23.4 Å². The molecule has 2 aromatic rings. The average molecular weight is 389 g/mol. The molecular formula is C20H25ClN4O2. The first-order chi connectivity index (χ1) is 12.7. The lowest BCUT2D eigenvalue weighted by molar-refractivity contribution is 0.0206. The third-order valence-corrected chi connectivity index (χ3v) is 4.96. The average Bonchev–Trinajstić information content (AvgIpc) is 3.41. The van der Waals surface area contributed by atoms with Gasteiger partial charge in [-0.15, -0.1) is 0 Å². The van der Waals surface area contributed by atoms with Crippen LogP contribution in [0.15, 0.2) is 36.8 Å². The predicted octanol–water partition coefficient (Wildman–Crippen LogP) is 4.61. The molecule has 0 aliphatic heterocycles. The summed E-state index contributed by atoms with van der Waals surface area (Å²) in [5.41, 5.74) is 1.93. The summed E-state index contributed by atoms with van der Waals surface area (Å²) in [5.74, 6) is 0. The fraction of sp³-hybridized carbons (Fsp3) is 0.450. The highest BCUT2D eigenvalue weighted by Crippen LogP contribution is 2.42. The van der Waals surface area contributed by atoms with Gasteiger partial charge in [-0.2, -0.15) is 0 Å². The number of pyridine rings is 2. The van der Waals surface area contributed by atoms with Crippen molar-refractivity contribution in [3.8, 4) is 11.1 Å². The van der Waals surface area contributed by atoms with Crippen LogP contribution in [-0.4, -0.2) is 45.7 Å². The topological polar surface area (TPSA) is 67.3 Å². The van der Waals surface area contributed by atoms with E-state index in [0.29, 0.717) is 11.7 Å². The smallest absolute Gasteiger partial charge is 0.410 e. The zero-order valence-electron chi connectivity index (χ0n) is 16.1. The molecule has 3 rings (SSSR count). The molecule has 0 radical (unpaired) electrons. The molecule has 27 heavy (non-hydrogen) atoms. The highest BCUT2D eigenvalue weighted by Gasteiger charge is 2.49. The Labute approximate surface area is 164 Å².